The van der Waals surface area contributed by atoms with E-state index in [4.69, 9.17) is 4.74 Å². The highest BCUT2D eigenvalue weighted by Gasteiger charge is 2.26. The molecule has 134 valence electrons. The van der Waals surface area contributed by atoms with Crippen molar-refractivity contribution in [3.63, 3.8) is 0 Å². The zero-order valence-corrected chi connectivity index (χ0v) is 14.8. The zero-order valence-electron chi connectivity index (χ0n) is 14.8. The van der Waals surface area contributed by atoms with Crippen LogP contribution >= 0.6 is 0 Å². The number of amides is 2. The first-order chi connectivity index (χ1) is 12.6. The van der Waals surface area contributed by atoms with Crippen LogP contribution < -0.4 is 15.0 Å². The van der Waals surface area contributed by atoms with Crippen molar-refractivity contribution in [2.75, 3.05) is 11.9 Å². The molecule has 2 aliphatic rings. The second kappa shape index (κ2) is 6.83. The van der Waals surface area contributed by atoms with E-state index in [1.54, 1.807) is 42.3 Å². The Labute approximate surface area is 153 Å². The fourth-order valence-electron chi connectivity index (χ4n) is 3.66. The first kappa shape index (κ1) is 16.6. The molecule has 5 nitrogen and oxygen atoms in total. The molecule has 0 saturated heterocycles. The molecule has 26 heavy (non-hydrogen) atoms. The van der Waals surface area contributed by atoms with Gasteiger partial charge in [0.1, 0.15) is 5.75 Å². The maximum absolute atomic E-state index is 12.7. The van der Waals surface area contributed by atoms with Gasteiger partial charge in [-0.2, -0.15) is 0 Å². The van der Waals surface area contributed by atoms with E-state index in [1.807, 2.05) is 12.1 Å². The van der Waals surface area contributed by atoms with E-state index >= 15 is 0 Å². The minimum absolute atomic E-state index is 0.0951. The smallest absolute Gasteiger partial charge is 0.261 e. The van der Waals surface area contributed by atoms with Gasteiger partial charge in [-0.25, -0.2) is 0 Å². The first-order valence-electron chi connectivity index (χ1n) is 9.13. The number of carbonyl (C=O) groups excluding carboxylic acids is 2. The molecule has 0 spiro atoms. The van der Waals surface area contributed by atoms with Crippen molar-refractivity contribution in [2.45, 2.75) is 38.1 Å². The summed E-state index contributed by atoms with van der Waals surface area (Å²) in [5, 5.41) is 3.12. The van der Waals surface area contributed by atoms with Gasteiger partial charge in [-0.15, -0.1) is 0 Å². The number of ether oxygens (including phenoxy) is 1. The van der Waals surface area contributed by atoms with Gasteiger partial charge >= 0.3 is 0 Å². The molecule has 4 rings (SSSR count). The molecule has 0 atom stereocenters. The molecule has 5 heteroatoms. The van der Waals surface area contributed by atoms with Crippen LogP contribution in [-0.2, 0) is 0 Å². The molecule has 1 aliphatic carbocycles. The topological polar surface area (TPSA) is 58.6 Å². The number of rotatable bonds is 2. The highest BCUT2D eigenvalue weighted by molar-refractivity contribution is 6.10. The van der Waals surface area contributed by atoms with Gasteiger partial charge in [-0.05, 0) is 43.2 Å². The fraction of sp³-hybridized carbons (Fsp3) is 0.333. The van der Waals surface area contributed by atoms with Crippen molar-refractivity contribution in [3.8, 4) is 11.5 Å². The number of nitrogens with one attached hydrogen (secondary N) is 1. The average Bonchev–Trinajstić information content (AvgIpc) is 2.78. The Bertz CT molecular complexity index is 856. The second-order valence-electron chi connectivity index (χ2n) is 6.95. The van der Waals surface area contributed by atoms with Crippen molar-refractivity contribution in [2.24, 2.45) is 0 Å². The molecule has 1 fully saturated rings. The Morgan fingerprint density at radius 3 is 2.65 bits per heavy atom. The Kier molecular flexibility index (Phi) is 4.37. The van der Waals surface area contributed by atoms with Crippen LogP contribution in [0.5, 0.6) is 11.5 Å². The summed E-state index contributed by atoms with van der Waals surface area (Å²) in [4.78, 5) is 26.9. The summed E-state index contributed by atoms with van der Waals surface area (Å²) < 4.78 is 5.93. The van der Waals surface area contributed by atoms with Crippen LogP contribution in [0.2, 0.25) is 0 Å². The summed E-state index contributed by atoms with van der Waals surface area (Å²) >= 11 is 0. The third-order valence-corrected chi connectivity index (χ3v) is 5.16. The van der Waals surface area contributed by atoms with Crippen molar-refractivity contribution in [1.82, 2.24) is 5.32 Å². The molecule has 1 aliphatic heterocycles. The molecule has 0 radical (unpaired) electrons. The third-order valence-electron chi connectivity index (χ3n) is 5.16. The monoisotopic (exact) mass is 350 g/mol. The van der Waals surface area contributed by atoms with Gasteiger partial charge in [0.2, 0.25) is 0 Å². The second-order valence-corrected chi connectivity index (χ2v) is 6.95. The van der Waals surface area contributed by atoms with Gasteiger partial charge in [0.05, 0.1) is 11.3 Å². The number of fused-ring (bicyclic) bond motifs is 2. The quantitative estimate of drug-likeness (QED) is 0.886. The van der Waals surface area contributed by atoms with Crippen LogP contribution in [-0.4, -0.2) is 24.9 Å². The van der Waals surface area contributed by atoms with Gasteiger partial charge in [0, 0.05) is 18.7 Å². The number of nitrogens with zero attached hydrogens (tertiary/aromatic N) is 1. The summed E-state index contributed by atoms with van der Waals surface area (Å²) in [6.45, 7) is 0. The lowest BCUT2D eigenvalue weighted by Gasteiger charge is -2.23. The molecule has 1 saturated carbocycles. The number of para-hydroxylation sites is 1. The predicted octanol–water partition coefficient (Wildman–Crippen LogP) is 4.13. The van der Waals surface area contributed by atoms with Crippen LogP contribution in [0.25, 0.3) is 0 Å². The van der Waals surface area contributed by atoms with Gasteiger partial charge in [-0.3, -0.25) is 9.59 Å². The van der Waals surface area contributed by atoms with Crippen LogP contribution in [0.4, 0.5) is 5.69 Å². The maximum atomic E-state index is 12.7. The molecule has 0 aromatic heterocycles. The number of benzene rings is 2. The van der Waals surface area contributed by atoms with Crippen LogP contribution in [0.3, 0.4) is 0 Å². The standard InChI is InChI=1S/C21H22N2O3/c1-23-17-13-14(20(24)22-15-7-3-2-4-8-15)11-12-19(17)26-18-10-6-5-9-16(18)21(23)25/h5-6,9-13,15H,2-4,7-8H2,1H3,(H,22,24). The predicted molar refractivity (Wildman–Crippen MR) is 100 cm³/mol. The molecule has 0 bridgehead atoms. The normalized spacial score (nSPS) is 17.0. The number of carbonyl (C=O) groups is 2. The van der Waals surface area contributed by atoms with E-state index in [9.17, 15) is 9.59 Å². The highest BCUT2D eigenvalue weighted by atomic mass is 16.5. The summed E-state index contributed by atoms with van der Waals surface area (Å²) in [6.07, 6.45) is 5.65. The molecule has 1 heterocycles. The minimum Gasteiger partial charge on any atom is -0.454 e. The van der Waals surface area contributed by atoms with E-state index < -0.39 is 0 Å². The third kappa shape index (κ3) is 3.05. The average molecular weight is 350 g/mol. The summed E-state index contributed by atoms with van der Waals surface area (Å²) in [5.41, 5.74) is 1.66. The SMILES string of the molecule is CN1C(=O)c2ccccc2Oc2ccc(C(=O)NC3CCCCC3)cc21. The molecule has 2 aromatic rings. The lowest BCUT2D eigenvalue weighted by molar-refractivity contribution is 0.0926. The van der Waals surface area contributed by atoms with Gasteiger partial charge in [0.25, 0.3) is 11.8 Å². The summed E-state index contributed by atoms with van der Waals surface area (Å²) in [7, 11) is 1.70. The van der Waals surface area contributed by atoms with Crippen molar-refractivity contribution < 1.29 is 14.3 Å². The van der Waals surface area contributed by atoms with Crippen molar-refractivity contribution in [3.05, 3.63) is 53.6 Å². The number of hydrogen-bond donors (Lipinski definition) is 1. The largest absolute Gasteiger partial charge is 0.454 e. The molecular weight excluding hydrogens is 328 g/mol. The summed E-state index contributed by atoms with van der Waals surface area (Å²) in [5.74, 6) is 0.856. The Morgan fingerprint density at radius 2 is 1.85 bits per heavy atom. The van der Waals surface area contributed by atoms with E-state index in [1.165, 1.54) is 19.3 Å². The molecule has 2 aromatic carbocycles. The van der Waals surface area contributed by atoms with Crippen LogP contribution in [0.15, 0.2) is 42.5 Å². The molecule has 1 N–H and O–H groups in total. The highest BCUT2D eigenvalue weighted by Crippen LogP contribution is 2.38. The zero-order chi connectivity index (χ0) is 18.1. The number of hydrogen-bond acceptors (Lipinski definition) is 3. The van der Waals surface area contributed by atoms with Crippen LogP contribution in [0, 0.1) is 0 Å². The van der Waals surface area contributed by atoms with Gasteiger partial charge in [0.15, 0.2) is 5.75 Å². The number of anilines is 1. The van der Waals surface area contributed by atoms with Gasteiger partial charge < -0.3 is 15.0 Å². The molecule has 2 amide bonds. The molecular formula is C21H22N2O3. The minimum atomic E-state index is -0.149. The lowest BCUT2D eigenvalue weighted by atomic mass is 9.95. The Morgan fingerprint density at radius 1 is 1.08 bits per heavy atom. The Balaban J connectivity index is 1.62. The van der Waals surface area contributed by atoms with E-state index in [0.29, 0.717) is 28.3 Å². The van der Waals surface area contributed by atoms with Crippen molar-refractivity contribution in [1.29, 1.82) is 0 Å². The lowest BCUT2D eigenvalue weighted by Crippen LogP contribution is -2.36. The van der Waals surface area contributed by atoms with E-state index in [0.717, 1.165) is 12.8 Å². The summed E-state index contributed by atoms with van der Waals surface area (Å²) in [6, 6.07) is 12.7. The Hall–Kier alpha value is -2.82. The maximum Gasteiger partial charge on any atom is 0.261 e. The van der Waals surface area contributed by atoms with Gasteiger partial charge in [-0.1, -0.05) is 31.4 Å². The van der Waals surface area contributed by atoms with Crippen molar-refractivity contribution >= 4 is 17.5 Å². The van der Waals surface area contributed by atoms with Crippen LogP contribution in [0.1, 0.15) is 52.8 Å². The fourth-order valence-corrected chi connectivity index (χ4v) is 3.66. The molecule has 0 unspecified atom stereocenters. The first-order valence-corrected chi connectivity index (χ1v) is 9.13. The van der Waals surface area contributed by atoms with E-state index in [-0.39, 0.29) is 17.9 Å². The van der Waals surface area contributed by atoms with E-state index in [2.05, 4.69) is 5.32 Å².